The largest absolute Gasteiger partial charge is 0.378 e. The van der Waals surface area contributed by atoms with Gasteiger partial charge in [0.15, 0.2) is 0 Å². The van der Waals surface area contributed by atoms with Gasteiger partial charge in [-0.2, -0.15) is 10.2 Å². The van der Waals surface area contributed by atoms with E-state index in [1.54, 1.807) is 0 Å². The number of nitrogens with zero attached hydrogens (tertiary/aromatic N) is 6. The molecular weight excluding hydrogens is 540 g/mol. The van der Waals surface area contributed by atoms with Crippen molar-refractivity contribution in [1.82, 2.24) is 0 Å². The Labute approximate surface area is 259 Å². The van der Waals surface area contributed by atoms with Gasteiger partial charge in [-0.25, -0.2) is 0 Å². The highest BCUT2D eigenvalue weighted by Crippen LogP contribution is 2.43. The monoisotopic (exact) mass is 576 g/mol. The highest BCUT2D eigenvalue weighted by atomic mass is 15.1. The van der Waals surface area contributed by atoms with E-state index < -0.39 is 0 Å². The lowest BCUT2D eigenvalue weighted by Crippen LogP contribution is -2.07. The Morgan fingerprint density at radius 1 is 0.432 bits per heavy atom. The van der Waals surface area contributed by atoms with E-state index in [2.05, 4.69) is 119 Å². The van der Waals surface area contributed by atoms with Gasteiger partial charge in [0, 0.05) is 50.3 Å². The van der Waals surface area contributed by atoms with Crippen LogP contribution in [0.25, 0.3) is 32.7 Å². The van der Waals surface area contributed by atoms with Crippen molar-refractivity contribution in [2.75, 3.05) is 38.0 Å². The lowest BCUT2D eigenvalue weighted by atomic mass is 9.91. The van der Waals surface area contributed by atoms with Gasteiger partial charge >= 0.3 is 0 Å². The van der Waals surface area contributed by atoms with Crippen molar-refractivity contribution in [1.29, 1.82) is 0 Å². The predicted octanol–water partition coefficient (Wildman–Crippen LogP) is 11.2. The average Bonchev–Trinajstić information content (AvgIpc) is 3.03. The molecule has 0 atom stereocenters. The van der Waals surface area contributed by atoms with E-state index in [0.717, 1.165) is 77.9 Å². The third kappa shape index (κ3) is 5.66. The summed E-state index contributed by atoms with van der Waals surface area (Å²) in [5, 5.41) is 23.2. The second-order valence-corrected chi connectivity index (χ2v) is 11.5. The molecule has 0 aliphatic carbocycles. The lowest BCUT2D eigenvalue weighted by molar-refractivity contribution is 1.13. The third-order valence-corrected chi connectivity index (χ3v) is 8.01. The molecular formula is C38H36N6. The predicted molar refractivity (Wildman–Crippen MR) is 186 cm³/mol. The fourth-order valence-electron chi connectivity index (χ4n) is 5.49. The van der Waals surface area contributed by atoms with Crippen LogP contribution >= 0.6 is 0 Å². The zero-order valence-corrected chi connectivity index (χ0v) is 26.1. The molecule has 6 heteroatoms. The molecule has 0 aromatic heterocycles. The molecule has 0 heterocycles. The van der Waals surface area contributed by atoms with Gasteiger partial charge in [0.1, 0.15) is 0 Å². The van der Waals surface area contributed by atoms with Crippen LogP contribution in [0, 0.1) is 13.8 Å². The van der Waals surface area contributed by atoms with E-state index in [4.69, 9.17) is 10.2 Å². The van der Waals surface area contributed by atoms with Crippen molar-refractivity contribution in [2.24, 2.45) is 20.5 Å². The number of anilines is 2. The van der Waals surface area contributed by atoms with E-state index >= 15 is 0 Å². The first-order valence-corrected chi connectivity index (χ1v) is 14.7. The Hall–Kier alpha value is -5.36. The molecule has 0 saturated carbocycles. The molecule has 0 spiro atoms. The summed E-state index contributed by atoms with van der Waals surface area (Å²) >= 11 is 0. The quantitative estimate of drug-likeness (QED) is 0.177. The normalized spacial score (nSPS) is 11.7. The molecule has 0 fully saturated rings. The van der Waals surface area contributed by atoms with Crippen LogP contribution in [0.15, 0.2) is 130 Å². The van der Waals surface area contributed by atoms with Crippen LogP contribution in [0.3, 0.4) is 0 Å². The van der Waals surface area contributed by atoms with Crippen molar-refractivity contribution in [3.8, 4) is 11.1 Å². The van der Waals surface area contributed by atoms with Crippen molar-refractivity contribution in [2.45, 2.75) is 13.8 Å². The zero-order chi connectivity index (χ0) is 30.8. The highest BCUT2D eigenvalue weighted by Gasteiger charge is 2.15. The van der Waals surface area contributed by atoms with Gasteiger partial charge in [-0.05, 0) is 95.4 Å². The Bertz CT molecular complexity index is 2020. The van der Waals surface area contributed by atoms with Crippen molar-refractivity contribution in [3.63, 3.8) is 0 Å². The van der Waals surface area contributed by atoms with Crippen LogP contribution in [0.1, 0.15) is 11.1 Å². The number of hydrogen-bond donors (Lipinski definition) is 0. The smallest absolute Gasteiger partial charge is 0.0970 e. The molecule has 6 aromatic rings. The van der Waals surface area contributed by atoms with E-state index in [1.165, 1.54) is 0 Å². The molecule has 6 rings (SSSR count). The van der Waals surface area contributed by atoms with Crippen molar-refractivity contribution < 1.29 is 0 Å². The molecule has 0 unspecified atom stereocenters. The highest BCUT2D eigenvalue weighted by molar-refractivity contribution is 6.11. The first-order chi connectivity index (χ1) is 21.3. The maximum absolute atomic E-state index is 4.83. The minimum Gasteiger partial charge on any atom is -0.378 e. The summed E-state index contributed by atoms with van der Waals surface area (Å²) in [5.74, 6) is 0. The van der Waals surface area contributed by atoms with E-state index in [9.17, 15) is 0 Å². The Balaban J connectivity index is 1.46. The van der Waals surface area contributed by atoms with E-state index in [1.807, 2.05) is 52.5 Å². The molecule has 0 aliphatic heterocycles. The standard InChI is InChI=1S/C38H36N6/c1-25-14-24-33-32(10-8-12-35(33)37(25)41-39-28-16-20-30(21-17-28)43(3)4)34-11-7-9-27-15-13-26(2)38(36(27)34)42-40-29-18-22-31(23-19-29)44(5)6/h7-24H,1-6H3. The van der Waals surface area contributed by atoms with Crippen LogP contribution < -0.4 is 9.80 Å². The molecule has 0 saturated heterocycles. The Morgan fingerprint density at radius 3 is 1.57 bits per heavy atom. The van der Waals surface area contributed by atoms with Gasteiger partial charge in [-0.3, -0.25) is 0 Å². The fourth-order valence-corrected chi connectivity index (χ4v) is 5.49. The fraction of sp³-hybridized carbons (Fsp3) is 0.158. The second kappa shape index (κ2) is 12.1. The minimum atomic E-state index is 0.816. The summed E-state index contributed by atoms with van der Waals surface area (Å²) in [6.45, 7) is 4.18. The van der Waals surface area contributed by atoms with Gasteiger partial charge in [0.2, 0.25) is 0 Å². The number of azo groups is 2. The zero-order valence-electron chi connectivity index (χ0n) is 26.1. The van der Waals surface area contributed by atoms with Gasteiger partial charge in [-0.1, -0.05) is 60.7 Å². The molecule has 218 valence electrons. The molecule has 0 radical (unpaired) electrons. The van der Waals surface area contributed by atoms with Crippen molar-refractivity contribution >= 4 is 55.7 Å². The average molecular weight is 577 g/mol. The first kappa shape index (κ1) is 28.7. The summed E-state index contributed by atoms with van der Waals surface area (Å²) in [6, 6.07) is 37.6. The number of aryl methyl sites for hydroxylation is 2. The molecule has 0 N–H and O–H groups in total. The first-order valence-electron chi connectivity index (χ1n) is 14.7. The second-order valence-electron chi connectivity index (χ2n) is 11.5. The summed E-state index contributed by atoms with van der Waals surface area (Å²) < 4.78 is 0. The Kier molecular flexibility index (Phi) is 7.90. The maximum atomic E-state index is 4.83. The molecule has 6 aromatic carbocycles. The molecule has 0 amide bonds. The Morgan fingerprint density at radius 2 is 0.955 bits per heavy atom. The third-order valence-electron chi connectivity index (χ3n) is 8.01. The van der Waals surface area contributed by atoms with Crippen LogP contribution in [0.4, 0.5) is 34.1 Å². The number of rotatable bonds is 7. The molecule has 6 nitrogen and oxygen atoms in total. The minimum absolute atomic E-state index is 0.816. The summed E-state index contributed by atoms with van der Waals surface area (Å²) in [7, 11) is 8.12. The van der Waals surface area contributed by atoms with E-state index in [-0.39, 0.29) is 0 Å². The van der Waals surface area contributed by atoms with Crippen molar-refractivity contribution in [3.05, 3.63) is 120 Å². The topological polar surface area (TPSA) is 55.9 Å². The number of benzene rings is 6. The van der Waals surface area contributed by atoms with E-state index in [0.29, 0.717) is 0 Å². The number of hydrogen-bond acceptors (Lipinski definition) is 6. The van der Waals surface area contributed by atoms with Crippen LogP contribution in [0.5, 0.6) is 0 Å². The number of fused-ring (bicyclic) bond motifs is 2. The molecule has 44 heavy (non-hydrogen) atoms. The lowest BCUT2D eigenvalue weighted by Gasteiger charge is -2.15. The molecule has 0 aliphatic rings. The summed E-state index contributed by atoms with van der Waals surface area (Å²) in [4.78, 5) is 4.14. The van der Waals surface area contributed by atoms with Gasteiger partial charge in [0.05, 0.1) is 22.7 Å². The van der Waals surface area contributed by atoms with Crippen LogP contribution in [-0.2, 0) is 0 Å². The van der Waals surface area contributed by atoms with Gasteiger partial charge in [-0.15, -0.1) is 10.2 Å². The van der Waals surface area contributed by atoms with Gasteiger partial charge in [0.25, 0.3) is 0 Å². The van der Waals surface area contributed by atoms with Crippen LogP contribution in [-0.4, -0.2) is 28.2 Å². The summed E-state index contributed by atoms with van der Waals surface area (Å²) in [5.41, 5.74) is 10.0. The summed E-state index contributed by atoms with van der Waals surface area (Å²) in [6.07, 6.45) is 0. The molecule has 0 bridgehead atoms. The van der Waals surface area contributed by atoms with Gasteiger partial charge < -0.3 is 9.80 Å². The van der Waals surface area contributed by atoms with Crippen LogP contribution in [0.2, 0.25) is 0 Å². The maximum Gasteiger partial charge on any atom is 0.0970 e. The SMILES string of the molecule is Cc1ccc2c(-c3cccc4ccc(C)c(N=Nc5ccc(N(C)C)cc5)c34)cccc2c1N=Nc1ccc(N(C)C)cc1.